The van der Waals surface area contributed by atoms with Gasteiger partial charge in [0.25, 0.3) is 5.91 Å². The zero-order valence-electron chi connectivity index (χ0n) is 16.3. The minimum Gasteiger partial charge on any atom is -0.378 e. The SMILES string of the molecule is Cl.NC(=O)c1ncc(N2CCOCC2)nc1Nc1ccc(C2CCNCC2)cc1. The Balaban J connectivity index is 0.00000240. The standard InChI is InChI=1S/C20H26N6O2.ClH/c21-19(27)18-20(25-17(13-23-18)26-9-11-28-12-10-26)24-16-3-1-14(2-4-16)15-5-7-22-8-6-15;/h1-4,13,15,22H,5-12H2,(H2,21,27)(H,24,25);1H. The number of amides is 1. The number of hydrogen-bond acceptors (Lipinski definition) is 7. The summed E-state index contributed by atoms with van der Waals surface area (Å²) in [5, 5.41) is 6.61. The zero-order chi connectivity index (χ0) is 19.3. The van der Waals surface area contributed by atoms with E-state index in [1.807, 2.05) is 12.1 Å². The smallest absolute Gasteiger partial charge is 0.271 e. The molecule has 3 heterocycles. The molecule has 0 bridgehead atoms. The number of primary amides is 1. The molecule has 29 heavy (non-hydrogen) atoms. The van der Waals surface area contributed by atoms with Gasteiger partial charge in [0.2, 0.25) is 0 Å². The van der Waals surface area contributed by atoms with Crippen molar-refractivity contribution in [2.45, 2.75) is 18.8 Å². The Kier molecular flexibility index (Phi) is 7.24. The topological polar surface area (TPSA) is 105 Å². The van der Waals surface area contributed by atoms with Crippen molar-refractivity contribution in [2.24, 2.45) is 5.73 Å². The highest BCUT2D eigenvalue weighted by atomic mass is 35.5. The van der Waals surface area contributed by atoms with Crippen LogP contribution >= 0.6 is 12.4 Å². The third-order valence-electron chi connectivity index (χ3n) is 5.31. The van der Waals surface area contributed by atoms with Gasteiger partial charge in [-0.25, -0.2) is 9.97 Å². The fourth-order valence-corrected chi connectivity index (χ4v) is 3.72. The van der Waals surface area contributed by atoms with E-state index in [-0.39, 0.29) is 18.1 Å². The van der Waals surface area contributed by atoms with Crippen molar-refractivity contribution in [1.29, 1.82) is 0 Å². The number of rotatable bonds is 5. The van der Waals surface area contributed by atoms with Gasteiger partial charge in [0.05, 0.1) is 19.4 Å². The molecular weight excluding hydrogens is 392 g/mol. The number of hydrogen-bond donors (Lipinski definition) is 3. The zero-order valence-corrected chi connectivity index (χ0v) is 17.1. The molecule has 2 fully saturated rings. The molecule has 0 unspecified atom stereocenters. The molecular formula is C20H27ClN6O2. The van der Waals surface area contributed by atoms with Crippen LogP contribution in [-0.2, 0) is 4.74 Å². The molecule has 1 aromatic heterocycles. The van der Waals surface area contributed by atoms with Gasteiger partial charge in [-0.3, -0.25) is 4.79 Å². The average molecular weight is 419 g/mol. The van der Waals surface area contributed by atoms with Crippen LogP contribution in [0.5, 0.6) is 0 Å². The third-order valence-corrected chi connectivity index (χ3v) is 5.31. The first kappa shape index (κ1) is 21.3. The summed E-state index contributed by atoms with van der Waals surface area (Å²) in [6.07, 6.45) is 3.91. The largest absolute Gasteiger partial charge is 0.378 e. The Morgan fingerprint density at radius 1 is 1.17 bits per heavy atom. The van der Waals surface area contributed by atoms with Gasteiger partial charge < -0.3 is 26.0 Å². The lowest BCUT2D eigenvalue weighted by Crippen LogP contribution is -2.37. The summed E-state index contributed by atoms with van der Waals surface area (Å²) in [5.74, 6) is 1.09. The Morgan fingerprint density at radius 3 is 2.52 bits per heavy atom. The molecule has 4 rings (SSSR count). The second-order valence-corrected chi connectivity index (χ2v) is 7.16. The predicted molar refractivity (Wildman–Crippen MR) is 115 cm³/mol. The van der Waals surface area contributed by atoms with E-state index in [0.717, 1.165) is 44.7 Å². The van der Waals surface area contributed by atoms with Gasteiger partial charge in [-0.15, -0.1) is 12.4 Å². The van der Waals surface area contributed by atoms with Crippen LogP contribution in [-0.4, -0.2) is 55.3 Å². The molecule has 2 aliphatic rings. The van der Waals surface area contributed by atoms with Crippen molar-refractivity contribution >= 4 is 35.6 Å². The van der Waals surface area contributed by atoms with Gasteiger partial charge >= 0.3 is 0 Å². The van der Waals surface area contributed by atoms with E-state index in [4.69, 9.17) is 10.5 Å². The minimum absolute atomic E-state index is 0. The van der Waals surface area contributed by atoms with Gasteiger partial charge in [-0.1, -0.05) is 12.1 Å². The summed E-state index contributed by atoms with van der Waals surface area (Å²) in [7, 11) is 0. The molecule has 1 aromatic carbocycles. The lowest BCUT2D eigenvalue weighted by atomic mass is 9.90. The van der Waals surface area contributed by atoms with Gasteiger partial charge in [-0.2, -0.15) is 0 Å². The second kappa shape index (κ2) is 9.87. The number of nitrogens with two attached hydrogens (primary N) is 1. The van der Waals surface area contributed by atoms with Gasteiger partial charge in [-0.05, 0) is 49.5 Å². The van der Waals surface area contributed by atoms with Crippen LogP contribution in [0.4, 0.5) is 17.3 Å². The van der Waals surface area contributed by atoms with Gasteiger partial charge in [0, 0.05) is 18.8 Å². The number of anilines is 3. The van der Waals surface area contributed by atoms with Crippen molar-refractivity contribution in [2.75, 3.05) is 49.6 Å². The highest BCUT2D eigenvalue weighted by molar-refractivity contribution is 5.96. The highest BCUT2D eigenvalue weighted by Crippen LogP contribution is 2.27. The van der Waals surface area contributed by atoms with Crippen LogP contribution in [0, 0.1) is 0 Å². The molecule has 2 aliphatic heterocycles. The van der Waals surface area contributed by atoms with Crippen LogP contribution in [0.15, 0.2) is 30.5 Å². The number of benzene rings is 1. The van der Waals surface area contributed by atoms with Crippen molar-refractivity contribution in [1.82, 2.24) is 15.3 Å². The summed E-state index contributed by atoms with van der Waals surface area (Å²) >= 11 is 0. The molecule has 156 valence electrons. The van der Waals surface area contributed by atoms with Gasteiger partial charge in [0.15, 0.2) is 11.5 Å². The van der Waals surface area contributed by atoms with E-state index in [2.05, 4.69) is 37.6 Å². The predicted octanol–water partition coefficient (Wildman–Crippen LogP) is 2.04. The number of nitrogens with zero attached hydrogens (tertiary/aromatic N) is 3. The van der Waals surface area contributed by atoms with Crippen molar-refractivity contribution in [3.8, 4) is 0 Å². The normalized spacial score (nSPS) is 17.4. The Bertz CT molecular complexity index is 820. The van der Waals surface area contributed by atoms with Crippen LogP contribution in [0.2, 0.25) is 0 Å². The quantitative estimate of drug-likeness (QED) is 0.682. The number of carbonyl (C=O) groups excluding carboxylic acids is 1. The second-order valence-electron chi connectivity index (χ2n) is 7.16. The first-order chi connectivity index (χ1) is 13.7. The van der Waals surface area contributed by atoms with E-state index >= 15 is 0 Å². The monoisotopic (exact) mass is 418 g/mol. The molecule has 9 heteroatoms. The fraction of sp³-hybridized carbons (Fsp3) is 0.450. The number of aromatic nitrogens is 2. The molecule has 4 N–H and O–H groups in total. The van der Waals surface area contributed by atoms with Crippen LogP contribution in [0.1, 0.15) is 34.8 Å². The summed E-state index contributed by atoms with van der Waals surface area (Å²) in [4.78, 5) is 22.8. The van der Waals surface area contributed by atoms with Crippen LogP contribution < -0.4 is 21.3 Å². The number of piperidine rings is 1. The van der Waals surface area contributed by atoms with E-state index < -0.39 is 5.91 Å². The van der Waals surface area contributed by atoms with Crippen LogP contribution in [0.3, 0.4) is 0 Å². The molecule has 0 atom stereocenters. The average Bonchev–Trinajstić information content (AvgIpc) is 2.75. The van der Waals surface area contributed by atoms with E-state index in [1.165, 1.54) is 5.56 Å². The first-order valence-corrected chi connectivity index (χ1v) is 9.78. The molecule has 0 radical (unpaired) electrons. The van der Waals surface area contributed by atoms with Crippen molar-refractivity contribution in [3.63, 3.8) is 0 Å². The molecule has 0 saturated carbocycles. The maximum atomic E-state index is 11.8. The summed E-state index contributed by atoms with van der Waals surface area (Å²) in [6, 6.07) is 8.32. The number of carbonyl (C=O) groups is 1. The number of ether oxygens (including phenoxy) is 1. The Hall–Kier alpha value is -2.42. The van der Waals surface area contributed by atoms with Crippen molar-refractivity contribution in [3.05, 3.63) is 41.7 Å². The Morgan fingerprint density at radius 2 is 1.86 bits per heavy atom. The minimum atomic E-state index is -0.602. The maximum absolute atomic E-state index is 11.8. The maximum Gasteiger partial charge on any atom is 0.271 e. The molecule has 8 nitrogen and oxygen atoms in total. The molecule has 1 amide bonds. The first-order valence-electron chi connectivity index (χ1n) is 9.78. The Labute approximate surface area is 176 Å². The lowest BCUT2D eigenvalue weighted by molar-refractivity contribution is 0.0996. The number of halogens is 1. The molecule has 0 aliphatic carbocycles. The van der Waals surface area contributed by atoms with Gasteiger partial charge in [0.1, 0.15) is 5.82 Å². The molecule has 2 saturated heterocycles. The third kappa shape index (κ3) is 5.14. The number of morpholine rings is 1. The van der Waals surface area contributed by atoms with E-state index in [1.54, 1.807) is 6.20 Å². The van der Waals surface area contributed by atoms with E-state index in [0.29, 0.717) is 30.8 Å². The number of nitrogens with one attached hydrogen (secondary N) is 2. The summed E-state index contributed by atoms with van der Waals surface area (Å²) in [6.45, 7) is 4.93. The molecule has 2 aromatic rings. The summed E-state index contributed by atoms with van der Waals surface area (Å²) in [5.41, 5.74) is 7.83. The fourth-order valence-electron chi connectivity index (χ4n) is 3.72. The van der Waals surface area contributed by atoms with Crippen molar-refractivity contribution < 1.29 is 9.53 Å². The summed E-state index contributed by atoms with van der Waals surface area (Å²) < 4.78 is 5.39. The van der Waals surface area contributed by atoms with Crippen LogP contribution in [0.25, 0.3) is 0 Å². The van der Waals surface area contributed by atoms with E-state index in [9.17, 15) is 4.79 Å². The molecule has 0 spiro atoms. The highest BCUT2D eigenvalue weighted by Gasteiger charge is 2.19. The lowest BCUT2D eigenvalue weighted by Gasteiger charge is -2.28.